The van der Waals surface area contributed by atoms with E-state index < -0.39 is 6.61 Å². The van der Waals surface area contributed by atoms with E-state index in [1.165, 1.54) is 12.1 Å². The van der Waals surface area contributed by atoms with Crippen LogP contribution in [0.2, 0.25) is 0 Å². The van der Waals surface area contributed by atoms with Gasteiger partial charge in [-0.1, -0.05) is 42.5 Å². The van der Waals surface area contributed by atoms with Gasteiger partial charge in [-0.3, -0.25) is 4.79 Å². The second-order valence-electron chi connectivity index (χ2n) is 5.46. The van der Waals surface area contributed by atoms with Crippen LogP contribution in [0.4, 0.5) is 8.78 Å². The van der Waals surface area contributed by atoms with Crippen molar-refractivity contribution in [2.45, 2.75) is 32.0 Å². The number of halogens is 2. The molecule has 3 N–H and O–H groups in total. The number of hydrogen-bond donors (Lipinski definition) is 2. The van der Waals surface area contributed by atoms with Crippen LogP contribution in [-0.2, 0) is 4.79 Å². The van der Waals surface area contributed by atoms with Gasteiger partial charge in [-0.05, 0) is 30.2 Å². The van der Waals surface area contributed by atoms with Crippen molar-refractivity contribution in [3.8, 4) is 5.75 Å². The first kappa shape index (κ1) is 17.9. The number of alkyl halides is 2. The van der Waals surface area contributed by atoms with Crippen molar-refractivity contribution >= 4 is 5.91 Å². The first-order chi connectivity index (χ1) is 11.5. The third-order valence-electron chi connectivity index (χ3n) is 3.62. The van der Waals surface area contributed by atoms with Gasteiger partial charge in [0.2, 0.25) is 5.91 Å². The molecular weight excluding hydrogens is 314 g/mol. The lowest BCUT2D eigenvalue weighted by Gasteiger charge is -2.17. The van der Waals surface area contributed by atoms with Crippen molar-refractivity contribution in [1.29, 1.82) is 0 Å². The van der Waals surface area contributed by atoms with Gasteiger partial charge < -0.3 is 15.8 Å². The van der Waals surface area contributed by atoms with E-state index >= 15 is 0 Å². The van der Waals surface area contributed by atoms with E-state index in [1.54, 1.807) is 12.1 Å². The minimum atomic E-state index is -2.85. The van der Waals surface area contributed by atoms with Crippen LogP contribution in [0.15, 0.2) is 54.6 Å². The molecular formula is C18H20F2N2O2. The number of ether oxygens (including phenoxy) is 1. The summed E-state index contributed by atoms with van der Waals surface area (Å²) in [7, 11) is 0. The fraction of sp³-hybridized carbons (Fsp3) is 0.278. The molecule has 0 aliphatic rings. The van der Waals surface area contributed by atoms with Gasteiger partial charge in [0.1, 0.15) is 5.75 Å². The maximum absolute atomic E-state index is 12.1. The van der Waals surface area contributed by atoms with Crippen LogP contribution in [0.25, 0.3) is 0 Å². The van der Waals surface area contributed by atoms with Crippen LogP contribution < -0.4 is 15.8 Å². The van der Waals surface area contributed by atoms with Gasteiger partial charge in [0.05, 0.1) is 6.04 Å². The van der Waals surface area contributed by atoms with Gasteiger partial charge in [-0.25, -0.2) is 0 Å². The second kappa shape index (κ2) is 8.40. The molecule has 2 aromatic carbocycles. The molecule has 6 heteroatoms. The Bertz CT molecular complexity index is 648. The summed E-state index contributed by atoms with van der Waals surface area (Å²) >= 11 is 0. The number of amides is 1. The molecule has 128 valence electrons. The summed E-state index contributed by atoms with van der Waals surface area (Å²) in [6.07, 6.45) is 0.168. The molecule has 0 radical (unpaired) electrons. The zero-order valence-electron chi connectivity index (χ0n) is 13.3. The molecule has 0 saturated carbocycles. The predicted octanol–water partition coefficient (Wildman–Crippen LogP) is 3.56. The van der Waals surface area contributed by atoms with Gasteiger partial charge in [0.15, 0.2) is 0 Å². The third kappa shape index (κ3) is 5.31. The molecule has 0 bridgehead atoms. The van der Waals surface area contributed by atoms with Crippen molar-refractivity contribution in [3.05, 3.63) is 65.7 Å². The van der Waals surface area contributed by atoms with Crippen LogP contribution in [0, 0.1) is 0 Å². The summed E-state index contributed by atoms with van der Waals surface area (Å²) in [5, 5.41) is 2.85. The van der Waals surface area contributed by atoms with Crippen molar-refractivity contribution in [1.82, 2.24) is 5.32 Å². The summed E-state index contributed by atoms with van der Waals surface area (Å²) in [6, 6.07) is 14.9. The maximum Gasteiger partial charge on any atom is 0.387 e. The Morgan fingerprint density at radius 2 is 1.71 bits per heavy atom. The van der Waals surface area contributed by atoms with Crippen molar-refractivity contribution in [2.24, 2.45) is 5.73 Å². The minimum Gasteiger partial charge on any atom is -0.435 e. The van der Waals surface area contributed by atoms with Crippen LogP contribution >= 0.6 is 0 Å². The molecule has 4 nitrogen and oxygen atoms in total. The number of rotatable bonds is 7. The molecule has 0 heterocycles. The normalized spacial score (nSPS) is 13.4. The Labute approximate surface area is 139 Å². The first-order valence-electron chi connectivity index (χ1n) is 7.60. The van der Waals surface area contributed by atoms with Crippen LogP contribution in [0.3, 0.4) is 0 Å². The van der Waals surface area contributed by atoms with E-state index in [1.807, 2.05) is 37.3 Å². The third-order valence-corrected chi connectivity index (χ3v) is 3.62. The first-order valence-corrected chi connectivity index (χ1v) is 7.60. The fourth-order valence-electron chi connectivity index (χ4n) is 2.34. The molecule has 0 saturated heterocycles. The van der Waals surface area contributed by atoms with Gasteiger partial charge in [-0.2, -0.15) is 8.78 Å². The summed E-state index contributed by atoms with van der Waals surface area (Å²) in [4.78, 5) is 12.1. The average Bonchev–Trinajstić information content (AvgIpc) is 2.55. The highest BCUT2D eigenvalue weighted by Gasteiger charge is 2.14. The number of benzene rings is 2. The lowest BCUT2D eigenvalue weighted by molar-refractivity contribution is -0.122. The van der Waals surface area contributed by atoms with Gasteiger partial charge in [-0.15, -0.1) is 0 Å². The van der Waals surface area contributed by atoms with Crippen LogP contribution in [0.5, 0.6) is 5.75 Å². The van der Waals surface area contributed by atoms with E-state index in [0.717, 1.165) is 11.1 Å². The van der Waals surface area contributed by atoms with E-state index in [0.29, 0.717) is 0 Å². The lowest BCUT2D eigenvalue weighted by Crippen LogP contribution is -2.29. The highest BCUT2D eigenvalue weighted by Crippen LogP contribution is 2.20. The Morgan fingerprint density at radius 1 is 1.08 bits per heavy atom. The quantitative estimate of drug-likeness (QED) is 0.814. The Hall–Kier alpha value is -2.47. The van der Waals surface area contributed by atoms with E-state index in [-0.39, 0.29) is 30.2 Å². The molecule has 0 spiro atoms. The smallest absolute Gasteiger partial charge is 0.387 e. The van der Waals surface area contributed by atoms with Crippen LogP contribution in [0.1, 0.15) is 36.6 Å². The number of nitrogens with two attached hydrogens (primary N) is 1. The van der Waals surface area contributed by atoms with Gasteiger partial charge in [0.25, 0.3) is 0 Å². The standard InChI is InChI=1S/C18H20F2N2O2/c1-12(13-7-9-15(10-8-13)24-18(19)20)22-17(23)11-16(21)14-5-3-2-4-6-14/h2-10,12,16,18H,11,21H2,1H3,(H,22,23). The summed E-state index contributed by atoms with van der Waals surface area (Å²) in [5.74, 6) is -0.0925. The maximum atomic E-state index is 12.1. The fourth-order valence-corrected chi connectivity index (χ4v) is 2.34. The molecule has 2 rings (SSSR count). The SMILES string of the molecule is CC(NC(=O)CC(N)c1ccccc1)c1ccc(OC(F)F)cc1. The van der Waals surface area contributed by atoms with Crippen LogP contribution in [-0.4, -0.2) is 12.5 Å². The summed E-state index contributed by atoms with van der Waals surface area (Å²) in [5.41, 5.74) is 7.72. The predicted molar refractivity (Wildman–Crippen MR) is 87.6 cm³/mol. The van der Waals surface area contributed by atoms with Gasteiger partial charge in [0, 0.05) is 12.5 Å². The molecule has 2 unspecified atom stereocenters. The monoisotopic (exact) mass is 334 g/mol. The number of carbonyl (C=O) groups excluding carboxylic acids is 1. The molecule has 2 atom stereocenters. The Morgan fingerprint density at radius 3 is 2.29 bits per heavy atom. The Kier molecular flexibility index (Phi) is 6.26. The molecule has 2 aromatic rings. The number of nitrogens with one attached hydrogen (secondary N) is 1. The highest BCUT2D eigenvalue weighted by molar-refractivity contribution is 5.77. The number of hydrogen-bond acceptors (Lipinski definition) is 3. The zero-order chi connectivity index (χ0) is 17.5. The lowest BCUT2D eigenvalue weighted by atomic mass is 10.0. The van der Waals surface area contributed by atoms with Gasteiger partial charge >= 0.3 is 6.61 Å². The van der Waals surface area contributed by atoms with Crippen molar-refractivity contribution in [2.75, 3.05) is 0 Å². The van der Waals surface area contributed by atoms with Crippen molar-refractivity contribution < 1.29 is 18.3 Å². The molecule has 0 fully saturated rings. The minimum absolute atomic E-state index is 0.0818. The molecule has 0 aliphatic carbocycles. The van der Waals surface area contributed by atoms with E-state index in [4.69, 9.17) is 5.73 Å². The van der Waals surface area contributed by atoms with E-state index in [2.05, 4.69) is 10.1 Å². The zero-order valence-corrected chi connectivity index (χ0v) is 13.3. The second-order valence-corrected chi connectivity index (χ2v) is 5.46. The number of carbonyl (C=O) groups is 1. The molecule has 1 amide bonds. The Balaban J connectivity index is 1.89. The highest BCUT2D eigenvalue weighted by atomic mass is 19.3. The summed E-state index contributed by atoms with van der Waals surface area (Å²) in [6.45, 7) is -1.04. The molecule has 0 aliphatic heterocycles. The largest absolute Gasteiger partial charge is 0.435 e. The summed E-state index contributed by atoms with van der Waals surface area (Å²) < 4.78 is 28.5. The van der Waals surface area contributed by atoms with E-state index in [9.17, 15) is 13.6 Å². The topological polar surface area (TPSA) is 64.4 Å². The molecule has 0 aromatic heterocycles. The molecule has 24 heavy (non-hydrogen) atoms. The van der Waals surface area contributed by atoms with Crippen molar-refractivity contribution in [3.63, 3.8) is 0 Å². The average molecular weight is 334 g/mol.